The zero-order valence-electron chi connectivity index (χ0n) is 11.5. The van der Waals surface area contributed by atoms with E-state index in [0.29, 0.717) is 12.6 Å². The third kappa shape index (κ3) is 3.97. The van der Waals surface area contributed by atoms with Gasteiger partial charge in [-0.15, -0.1) is 0 Å². The molecule has 3 rings (SSSR count). The molecule has 1 heterocycles. The van der Waals surface area contributed by atoms with E-state index in [9.17, 15) is 18.4 Å². The van der Waals surface area contributed by atoms with Crippen molar-refractivity contribution in [2.24, 2.45) is 0 Å². The molecule has 2 N–H and O–H groups in total. The summed E-state index contributed by atoms with van der Waals surface area (Å²) in [4.78, 5) is 20.4. The zero-order valence-corrected chi connectivity index (χ0v) is 11.5. The van der Waals surface area contributed by atoms with Crippen LogP contribution in [0.4, 0.5) is 8.78 Å². The van der Waals surface area contributed by atoms with Crippen LogP contribution in [0.2, 0.25) is 0 Å². The molecule has 24 heavy (non-hydrogen) atoms. The zero-order chi connectivity index (χ0) is 17.0. The quantitative estimate of drug-likeness (QED) is 0.645. The number of fused-ring (bicyclic) bond motifs is 1. The summed E-state index contributed by atoms with van der Waals surface area (Å²) in [5.74, 6) is -2.67. The van der Waals surface area contributed by atoms with E-state index in [-0.39, 0.29) is 36.8 Å². The number of halogens is 2. The second-order valence-corrected chi connectivity index (χ2v) is 4.34. The van der Waals surface area contributed by atoms with Crippen LogP contribution in [0.5, 0.6) is 23.0 Å². The number of phenolic OH excluding ortho intramolecular Hbond substituents is 2. The highest BCUT2D eigenvalue weighted by atomic mass is 19.1. The second-order valence-electron chi connectivity index (χ2n) is 4.34. The molecule has 0 spiro atoms. The third-order valence-corrected chi connectivity index (χ3v) is 2.79. The fourth-order valence-corrected chi connectivity index (χ4v) is 1.73. The molecule has 2 aromatic carbocycles. The smallest absolute Gasteiger partial charge is 0.231 e. The summed E-state index contributed by atoms with van der Waals surface area (Å²) in [7, 11) is 0. The number of aldehydes is 2. The Morgan fingerprint density at radius 3 is 2.08 bits per heavy atom. The van der Waals surface area contributed by atoms with Gasteiger partial charge in [0, 0.05) is 11.1 Å². The van der Waals surface area contributed by atoms with Crippen LogP contribution in [0.15, 0.2) is 24.3 Å². The lowest BCUT2D eigenvalue weighted by Crippen LogP contribution is -1.93. The lowest BCUT2D eigenvalue weighted by molar-refractivity contribution is 0.111. The highest BCUT2D eigenvalue weighted by Gasteiger charge is 2.18. The van der Waals surface area contributed by atoms with Crippen LogP contribution in [0.3, 0.4) is 0 Å². The van der Waals surface area contributed by atoms with Crippen molar-refractivity contribution >= 4 is 12.6 Å². The van der Waals surface area contributed by atoms with Gasteiger partial charge in [-0.25, -0.2) is 8.78 Å². The molecular formula is C16H14F2O6. The van der Waals surface area contributed by atoms with E-state index < -0.39 is 23.1 Å². The lowest BCUT2D eigenvalue weighted by Gasteiger charge is -1.98. The Hall–Kier alpha value is -3.16. The second kappa shape index (κ2) is 7.91. The highest BCUT2D eigenvalue weighted by Crippen LogP contribution is 2.35. The maximum Gasteiger partial charge on any atom is 0.231 e. The van der Waals surface area contributed by atoms with Crippen LogP contribution in [0, 0.1) is 11.6 Å². The van der Waals surface area contributed by atoms with E-state index in [1.54, 1.807) is 0 Å². The molecule has 0 unspecified atom stereocenters. The first-order valence-corrected chi connectivity index (χ1v) is 6.17. The Morgan fingerprint density at radius 1 is 0.917 bits per heavy atom. The van der Waals surface area contributed by atoms with Gasteiger partial charge < -0.3 is 19.7 Å². The van der Waals surface area contributed by atoms with Gasteiger partial charge in [0.2, 0.25) is 12.5 Å². The van der Waals surface area contributed by atoms with Crippen molar-refractivity contribution in [2.75, 3.05) is 6.79 Å². The molecule has 0 aliphatic carbocycles. The molecule has 0 aromatic heterocycles. The topological polar surface area (TPSA) is 93.1 Å². The Kier molecular flexibility index (Phi) is 6.22. The molecule has 6 nitrogen and oxygen atoms in total. The molecule has 128 valence electrons. The molecule has 0 radical (unpaired) electrons. The molecule has 8 heteroatoms. The van der Waals surface area contributed by atoms with Gasteiger partial charge in [-0.2, -0.15) is 0 Å². The van der Waals surface area contributed by atoms with E-state index in [0.717, 1.165) is 18.2 Å². The van der Waals surface area contributed by atoms with Gasteiger partial charge in [0.25, 0.3) is 0 Å². The maximum absolute atomic E-state index is 13.0. The average molecular weight is 340 g/mol. The lowest BCUT2D eigenvalue weighted by atomic mass is 10.2. The summed E-state index contributed by atoms with van der Waals surface area (Å²) in [5.41, 5.74) is 0.231. The molecule has 1 aliphatic heterocycles. The number of hydrogen-bond donors (Lipinski definition) is 2. The normalized spacial score (nSPS) is 10.9. The fraction of sp³-hybridized carbons (Fsp3) is 0.125. The van der Waals surface area contributed by atoms with Crippen molar-refractivity contribution in [1.29, 1.82) is 0 Å². The molecule has 0 saturated carbocycles. The van der Waals surface area contributed by atoms with Crippen LogP contribution in [-0.2, 0) is 0 Å². The summed E-state index contributed by atoms with van der Waals surface area (Å²) in [6.45, 7) is 0.00850. The number of benzene rings is 2. The summed E-state index contributed by atoms with van der Waals surface area (Å²) < 4.78 is 35.1. The molecule has 0 fully saturated rings. The number of hydrogen-bond acceptors (Lipinski definition) is 6. The van der Waals surface area contributed by atoms with Crippen molar-refractivity contribution in [3.8, 4) is 23.0 Å². The van der Waals surface area contributed by atoms with Crippen LogP contribution in [-0.4, -0.2) is 29.6 Å². The Balaban J connectivity index is 0.000000232. The van der Waals surface area contributed by atoms with Gasteiger partial charge in [-0.1, -0.05) is 7.43 Å². The van der Waals surface area contributed by atoms with Crippen molar-refractivity contribution in [1.82, 2.24) is 0 Å². The summed E-state index contributed by atoms with van der Waals surface area (Å²) in [5, 5.41) is 17.4. The van der Waals surface area contributed by atoms with Gasteiger partial charge >= 0.3 is 0 Å². The van der Waals surface area contributed by atoms with Crippen LogP contribution < -0.4 is 9.47 Å². The number of ether oxygens (including phenoxy) is 2. The molecule has 1 aliphatic rings. The molecular weight excluding hydrogens is 326 g/mol. The Bertz CT molecular complexity index is 737. The fourth-order valence-electron chi connectivity index (χ4n) is 1.73. The minimum atomic E-state index is -1.01. The number of carbonyl (C=O) groups excluding carboxylic acids is 2. The SMILES string of the molecule is C.O=Cc1cc(F)c2c(c1)OCO2.O=Cc1cc(O)c(O)c(F)c1. The first-order valence-electron chi connectivity index (χ1n) is 6.17. The van der Waals surface area contributed by atoms with Crippen LogP contribution >= 0.6 is 0 Å². The summed E-state index contributed by atoms with van der Waals surface area (Å²) in [6, 6.07) is 4.37. The summed E-state index contributed by atoms with van der Waals surface area (Å²) >= 11 is 0. The molecule has 2 aromatic rings. The maximum atomic E-state index is 13.0. The molecule has 0 saturated heterocycles. The van der Waals surface area contributed by atoms with E-state index in [4.69, 9.17) is 19.7 Å². The van der Waals surface area contributed by atoms with Gasteiger partial charge in [-0.05, 0) is 24.3 Å². The Morgan fingerprint density at radius 2 is 1.50 bits per heavy atom. The van der Waals surface area contributed by atoms with Crippen LogP contribution in [0.1, 0.15) is 28.1 Å². The highest BCUT2D eigenvalue weighted by molar-refractivity contribution is 5.77. The predicted molar refractivity (Wildman–Crippen MR) is 79.8 cm³/mol. The van der Waals surface area contributed by atoms with Crippen molar-refractivity contribution in [2.45, 2.75) is 7.43 Å². The van der Waals surface area contributed by atoms with E-state index >= 15 is 0 Å². The largest absolute Gasteiger partial charge is 0.504 e. The van der Waals surface area contributed by atoms with Gasteiger partial charge in [0.15, 0.2) is 28.9 Å². The molecule has 0 amide bonds. The van der Waals surface area contributed by atoms with Crippen LogP contribution in [0.25, 0.3) is 0 Å². The number of rotatable bonds is 2. The first-order chi connectivity index (χ1) is 11.0. The third-order valence-electron chi connectivity index (χ3n) is 2.79. The number of phenols is 2. The van der Waals surface area contributed by atoms with Gasteiger partial charge in [0.05, 0.1) is 0 Å². The molecule has 0 bridgehead atoms. The van der Waals surface area contributed by atoms with Crippen molar-refractivity contribution < 1.29 is 38.1 Å². The van der Waals surface area contributed by atoms with Gasteiger partial charge in [-0.3, -0.25) is 9.59 Å². The van der Waals surface area contributed by atoms with E-state index in [1.165, 1.54) is 6.07 Å². The average Bonchev–Trinajstić information content (AvgIpc) is 3.01. The van der Waals surface area contributed by atoms with Crippen molar-refractivity contribution in [3.63, 3.8) is 0 Å². The monoisotopic (exact) mass is 340 g/mol. The first kappa shape index (κ1) is 18.9. The number of carbonyl (C=O) groups is 2. The summed E-state index contributed by atoms with van der Waals surface area (Å²) in [6.07, 6.45) is 0.938. The van der Waals surface area contributed by atoms with Crippen molar-refractivity contribution in [3.05, 3.63) is 47.0 Å². The van der Waals surface area contributed by atoms with E-state index in [1.807, 2.05) is 0 Å². The minimum Gasteiger partial charge on any atom is -0.504 e. The number of aromatic hydroxyl groups is 2. The molecule has 0 atom stereocenters. The minimum absolute atomic E-state index is 0. The van der Waals surface area contributed by atoms with Gasteiger partial charge in [0.1, 0.15) is 12.6 Å². The Labute approximate surface area is 135 Å². The van der Waals surface area contributed by atoms with E-state index in [2.05, 4.69) is 0 Å². The standard InChI is InChI=1S/C8H5FO3.C7H5FO3.CH4/c9-6-1-5(3-10)2-7-8(6)12-4-11-7;8-5-1-4(3-9)2-6(10)7(5)11;/h1-3H,4H2;1-3,10-11H;1H4. The predicted octanol–water partition coefficient (Wildman–Crippen LogP) is 3.05.